The van der Waals surface area contributed by atoms with Crippen LogP contribution in [0.25, 0.3) is 20.2 Å². The zero-order valence-corrected chi connectivity index (χ0v) is 18.6. The maximum absolute atomic E-state index is 12.6. The Balaban J connectivity index is 1.37. The number of fused-ring (bicyclic) bond motifs is 4. The quantitative estimate of drug-likeness (QED) is 0.424. The van der Waals surface area contributed by atoms with Gasteiger partial charge in [-0.1, -0.05) is 12.1 Å². The molecule has 5 nitrogen and oxygen atoms in total. The van der Waals surface area contributed by atoms with Crippen molar-refractivity contribution in [3.8, 4) is 0 Å². The van der Waals surface area contributed by atoms with Crippen LogP contribution in [0.3, 0.4) is 0 Å². The van der Waals surface area contributed by atoms with Crippen LogP contribution in [-0.2, 0) is 27.3 Å². The van der Waals surface area contributed by atoms with Gasteiger partial charge in [-0.25, -0.2) is 4.79 Å². The number of aliphatic hydroxyl groups is 2. The number of ether oxygens (including phenoxy) is 2. The van der Waals surface area contributed by atoms with E-state index in [4.69, 9.17) is 9.47 Å². The number of esters is 1. The second kappa shape index (κ2) is 7.42. The summed E-state index contributed by atoms with van der Waals surface area (Å²) in [6.07, 6.45) is -1.58. The molecular weight excluding hydrogens is 444 g/mol. The molecule has 2 bridgehead atoms. The van der Waals surface area contributed by atoms with Gasteiger partial charge in [-0.05, 0) is 69.1 Å². The summed E-state index contributed by atoms with van der Waals surface area (Å²) < 4.78 is 13.8. The Morgan fingerprint density at radius 3 is 2.38 bits per heavy atom. The standard InChI is InChI=1S/C25H20O5S2/c26-22-19-12-25(28,24(27)30-19)18(11-14-1-3-20-16(9-14)5-7-31-20)23(22)29-13-15-2-4-21-17(10-15)6-8-32-21/h1-10,19,22,26,28H,11-13H2/t19-,22+,25-/m1/s1. The molecule has 162 valence electrons. The van der Waals surface area contributed by atoms with E-state index in [-0.39, 0.29) is 18.8 Å². The van der Waals surface area contributed by atoms with Crippen molar-refractivity contribution < 1.29 is 24.5 Å². The number of thiophene rings is 2. The zero-order chi connectivity index (χ0) is 21.9. The summed E-state index contributed by atoms with van der Waals surface area (Å²) in [6.45, 7) is 0.224. The van der Waals surface area contributed by atoms with Crippen molar-refractivity contribution in [2.75, 3.05) is 0 Å². The first-order valence-electron chi connectivity index (χ1n) is 10.4. The van der Waals surface area contributed by atoms with E-state index < -0.39 is 23.8 Å². The Bertz CT molecular complexity index is 1380. The summed E-state index contributed by atoms with van der Waals surface area (Å²) in [5, 5.41) is 28.5. The minimum absolute atomic E-state index is 0.0384. The maximum Gasteiger partial charge on any atom is 0.343 e. The molecule has 0 unspecified atom stereocenters. The van der Waals surface area contributed by atoms with Gasteiger partial charge in [-0.3, -0.25) is 0 Å². The molecule has 0 spiro atoms. The second-order valence-electron chi connectivity index (χ2n) is 8.35. The van der Waals surface area contributed by atoms with Crippen LogP contribution < -0.4 is 0 Å². The average Bonchev–Trinajstić information content (AvgIpc) is 3.50. The molecule has 2 aromatic heterocycles. The molecule has 4 aromatic rings. The van der Waals surface area contributed by atoms with E-state index in [0.717, 1.165) is 21.9 Å². The Labute approximate surface area is 192 Å². The molecule has 1 aliphatic carbocycles. The molecular formula is C25H20O5S2. The highest BCUT2D eigenvalue weighted by molar-refractivity contribution is 7.17. The van der Waals surface area contributed by atoms with Gasteiger partial charge < -0.3 is 19.7 Å². The fraction of sp³-hybridized carbons (Fsp3) is 0.240. The van der Waals surface area contributed by atoms with Gasteiger partial charge in [0.1, 0.15) is 24.6 Å². The number of rotatable bonds is 5. The van der Waals surface area contributed by atoms with Gasteiger partial charge in [-0.15, -0.1) is 22.7 Å². The molecule has 2 aliphatic rings. The predicted octanol–water partition coefficient (Wildman–Crippen LogP) is 4.55. The second-order valence-corrected chi connectivity index (χ2v) is 10.2. The monoisotopic (exact) mass is 464 g/mol. The number of hydrogen-bond acceptors (Lipinski definition) is 7. The van der Waals surface area contributed by atoms with Gasteiger partial charge in [0.05, 0.1) is 0 Å². The van der Waals surface area contributed by atoms with Gasteiger partial charge in [0.25, 0.3) is 0 Å². The topological polar surface area (TPSA) is 76.0 Å². The largest absolute Gasteiger partial charge is 0.490 e. The van der Waals surface area contributed by atoms with Gasteiger partial charge in [0.2, 0.25) is 0 Å². The third kappa shape index (κ3) is 3.16. The van der Waals surface area contributed by atoms with Gasteiger partial charge in [0, 0.05) is 27.8 Å². The van der Waals surface area contributed by atoms with Gasteiger partial charge >= 0.3 is 5.97 Å². The predicted molar refractivity (Wildman–Crippen MR) is 125 cm³/mol. The lowest BCUT2D eigenvalue weighted by Crippen LogP contribution is -2.44. The van der Waals surface area contributed by atoms with E-state index in [9.17, 15) is 15.0 Å². The molecule has 2 aromatic carbocycles. The summed E-state index contributed by atoms with van der Waals surface area (Å²) in [5.74, 6) is -0.475. The minimum atomic E-state index is -1.78. The van der Waals surface area contributed by atoms with Crippen molar-refractivity contribution in [2.45, 2.75) is 37.3 Å². The SMILES string of the molecule is O=C1O[C@@H]2C[C@@]1(O)C(Cc1ccc3sccc3c1)=C(OCc1ccc3sccc3c1)[C@H]2O. The van der Waals surface area contributed by atoms with Crippen LogP contribution in [0, 0.1) is 0 Å². The van der Waals surface area contributed by atoms with E-state index in [2.05, 4.69) is 12.1 Å². The molecule has 0 amide bonds. The van der Waals surface area contributed by atoms with Crippen molar-refractivity contribution in [1.82, 2.24) is 0 Å². The van der Waals surface area contributed by atoms with Crippen LogP contribution in [0.5, 0.6) is 0 Å². The third-order valence-corrected chi connectivity index (χ3v) is 8.11. The van der Waals surface area contributed by atoms with Crippen LogP contribution in [0.15, 0.2) is 70.6 Å². The Morgan fingerprint density at radius 1 is 1.00 bits per heavy atom. The van der Waals surface area contributed by atoms with Crippen molar-refractivity contribution in [1.29, 1.82) is 0 Å². The molecule has 3 atom stereocenters. The van der Waals surface area contributed by atoms with Crippen LogP contribution in [0.1, 0.15) is 17.5 Å². The molecule has 0 radical (unpaired) electrons. The molecule has 1 aliphatic heterocycles. The van der Waals surface area contributed by atoms with Crippen LogP contribution in [-0.4, -0.2) is 34.0 Å². The van der Waals surface area contributed by atoms with Crippen LogP contribution in [0.4, 0.5) is 0 Å². The first kappa shape index (κ1) is 19.9. The van der Waals surface area contributed by atoms with E-state index in [1.807, 2.05) is 47.2 Å². The van der Waals surface area contributed by atoms with Crippen LogP contribution in [0.2, 0.25) is 0 Å². The molecule has 32 heavy (non-hydrogen) atoms. The normalized spacial score (nSPS) is 25.0. The number of hydrogen-bond donors (Lipinski definition) is 2. The van der Waals surface area contributed by atoms with E-state index in [1.54, 1.807) is 22.7 Å². The fourth-order valence-corrected chi connectivity index (χ4v) is 6.17. The molecule has 1 saturated heterocycles. The minimum Gasteiger partial charge on any atom is -0.490 e. The van der Waals surface area contributed by atoms with Crippen molar-refractivity contribution in [2.24, 2.45) is 0 Å². The average molecular weight is 465 g/mol. The van der Waals surface area contributed by atoms with Crippen LogP contribution >= 0.6 is 22.7 Å². The smallest absolute Gasteiger partial charge is 0.343 e. The molecule has 0 saturated carbocycles. The number of benzene rings is 2. The fourth-order valence-electron chi connectivity index (χ4n) is 4.63. The Hall–Kier alpha value is -2.71. The van der Waals surface area contributed by atoms with Gasteiger partial charge in [0.15, 0.2) is 5.60 Å². The van der Waals surface area contributed by atoms with E-state index in [0.29, 0.717) is 12.0 Å². The third-order valence-electron chi connectivity index (χ3n) is 6.32. The highest BCUT2D eigenvalue weighted by Gasteiger charge is 2.58. The molecule has 1 fully saturated rings. The summed E-state index contributed by atoms with van der Waals surface area (Å²) in [4.78, 5) is 12.6. The highest BCUT2D eigenvalue weighted by Crippen LogP contribution is 2.44. The molecule has 2 N–H and O–H groups in total. The summed E-state index contributed by atoms with van der Waals surface area (Å²) >= 11 is 3.34. The highest BCUT2D eigenvalue weighted by atomic mass is 32.1. The van der Waals surface area contributed by atoms with Crippen molar-refractivity contribution >= 4 is 48.8 Å². The Kier molecular flexibility index (Phi) is 4.62. The van der Waals surface area contributed by atoms with E-state index >= 15 is 0 Å². The first-order valence-corrected chi connectivity index (χ1v) is 12.2. The lowest BCUT2D eigenvalue weighted by molar-refractivity contribution is -0.153. The van der Waals surface area contributed by atoms with Crippen molar-refractivity contribution in [3.63, 3.8) is 0 Å². The van der Waals surface area contributed by atoms with Crippen molar-refractivity contribution in [3.05, 3.63) is 81.8 Å². The molecule has 6 rings (SSSR count). The number of carbonyl (C=O) groups is 1. The van der Waals surface area contributed by atoms with Gasteiger partial charge in [-0.2, -0.15) is 0 Å². The lowest BCUT2D eigenvalue weighted by atomic mass is 9.79. The Morgan fingerprint density at radius 2 is 1.66 bits per heavy atom. The van der Waals surface area contributed by atoms with E-state index in [1.165, 1.54) is 9.40 Å². The molecule has 7 heteroatoms. The summed E-state index contributed by atoms with van der Waals surface area (Å²) in [5.41, 5.74) is 0.493. The molecule has 3 heterocycles. The number of aliphatic hydroxyl groups excluding tert-OH is 1. The maximum atomic E-state index is 12.6. The summed E-state index contributed by atoms with van der Waals surface area (Å²) in [6, 6.07) is 16.2. The summed E-state index contributed by atoms with van der Waals surface area (Å²) in [7, 11) is 0. The first-order chi connectivity index (χ1) is 15.5. The number of carbonyl (C=O) groups excluding carboxylic acids is 1. The zero-order valence-electron chi connectivity index (χ0n) is 17.0. The lowest BCUT2D eigenvalue weighted by Gasteiger charge is -2.32.